The van der Waals surface area contributed by atoms with Crippen molar-refractivity contribution in [2.45, 2.75) is 26.4 Å². The van der Waals surface area contributed by atoms with Crippen LogP contribution in [0.3, 0.4) is 0 Å². The van der Waals surface area contributed by atoms with Gasteiger partial charge in [-0.2, -0.15) is 0 Å². The largest absolute Gasteiger partial charge is 0.478 e. The number of carboxylic acid groups (broad SMARTS) is 1. The molecule has 0 amide bonds. The fourth-order valence-corrected chi connectivity index (χ4v) is 1.31. The first-order chi connectivity index (χ1) is 6.52. The van der Waals surface area contributed by atoms with E-state index in [4.69, 9.17) is 9.84 Å². The Bertz CT molecular complexity index is 256. The first-order valence-corrected chi connectivity index (χ1v) is 5.47. The molecule has 1 N–H and O–H groups in total. The summed E-state index contributed by atoms with van der Waals surface area (Å²) in [5.74, 6) is -0.879. The minimum atomic E-state index is -0.879. The number of rotatable bonds is 5. The molecule has 0 aliphatic rings. The fraction of sp³-hybridized carbons (Fsp3) is 0.500. The van der Waals surface area contributed by atoms with Gasteiger partial charge in [0.25, 0.3) is 0 Å². The summed E-state index contributed by atoms with van der Waals surface area (Å²) in [6.07, 6.45) is 2.25. The second-order valence-electron chi connectivity index (χ2n) is 3.01. The zero-order valence-electron chi connectivity index (χ0n) is 8.58. The molecule has 0 aromatic carbocycles. The Balaban J connectivity index is 4.35. The first kappa shape index (κ1) is 13.6. The molecular weight excluding hydrogens is 295 g/mol. The van der Waals surface area contributed by atoms with Crippen LogP contribution in [-0.4, -0.2) is 24.3 Å². The minimum Gasteiger partial charge on any atom is -0.478 e. The molecule has 0 heterocycles. The van der Waals surface area contributed by atoms with E-state index in [0.717, 1.165) is 5.57 Å². The Labute approximate surface area is 98.0 Å². The number of aliphatic carboxylic acids is 1. The molecule has 0 unspecified atom stereocenters. The van der Waals surface area contributed by atoms with Gasteiger partial charge in [-0.15, -0.1) is 0 Å². The van der Waals surface area contributed by atoms with Crippen LogP contribution in [0.5, 0.6) is 0 Å². The Morgan fingerprint density at radius 3 is 2.50 bits per heavy atom. The topological polar surface area (TPSA) is 46.5 Å². The molecule has 0 fully saturated rings. The Hall–Kier alpha value is -0.360. The molecule has 4 heteroatoms. The van der Waals surface area contributed by atoms with E-state index in [2.05, 4.69) is 22.6 Å². The molecule has 0 aliphatic carbocycles. The molecule has 0 rings (SSSR count). The molecule has 1 atom stereocenters. The van der Waals surface area contributed by atoms with Crippen molar-refractivity contribution in [3.05, 3.63) is 21.3 Å². The van der Waals surface area contributed by atoms with Crippen molar-refractivity contribution in [2.75, 3.05) is 7.11 Å². The van der Waals surface area contributed by atoms with Gasteiger partial charge in [-0.3, -0.25) is 0 Å². The average Bonchev–Trinajstić information content (AvgIpc) is 2.17. The van der Waals surface area contributed by atoms with E-state index in [1.165, 1.54) is 0 Å². The van der Waals surface area contributed by atoms with Gasteiger partial charge in [-0.05, 0) is 29.9 Å². The third-order valence-corrected chi connectivity index (χ3v) is 2.92. The van der Waals surface area contributed by atoms with Gasteiger partial charge in [0.1, 0.15) is 0 Å². The second-order valence-corrected chi connectivity index (χ2v) is 3.63. The first-order valence-electron chi connectivity index (χ1n) is 4.22. The lowest BCUT2D eigenvalue weighted by molar-refractivity contribution is -0.132. The number of halogens is 1. The van der Waals surface area contributed by atoms with Crippen molar-refractivity contribution in [1.29, 1.82) is 0 Å². The molecule has 0 radical (unpaired) electrons. The Morgan fingerprint density at radius 1 is 1.57 bits per heavy atom. The molecule has 0 saturated heterocycles. The van der Waals surface area contributed by atoms with Crippen molar-refractivity contribution >= 4 is 28.6 Å². The molecular formula is C10H15IO3. The van der Waals surface area contributed by atoms with Gasteiger partial charge in [0.2, 0.25) is 0 Å². The van der Waals surface area contributed by atoms with Crippen LogP contribution in [0.1, 0.15) is 20.3 Å². The molecule has 0 spiro atoms. The highest BCUT2D eigenvalue weighted by Gasteiger charge is 2.08. The van der Waals surface area contributed by atoms with Gasteiger partial charge < -0.3 is 9.84 Å². The number of methoxy groups -OCH3 is 1. The fourth-order valence-electron chi connectivity index (χ4n) is 0.909. The van der Waals surface area contributed by atoms with Crippen molar-refractivity contribution in [3.8, 4) is 0 Å². The molecule has 3 nitrogen and oxygen atoms in total. The normalized spacial score (nSPS) is 15.4. The van der Waals surface area contributed by atoms with E-state index < -0.39 is 5.97 Å². The van der Waals surface area contributed by atoms with E-state index in [0.29, 0.717) is 12.0 Å². The monoisotopic (exact) mass is 310 g/mol. The molecule has 0 aromatic rings. The number of ether oxygens (including phenoxy) is 1. The maximum atomic E-state index is 10.5. The summed E-state index contributed by atoms with van der Waals surface area (Å²) in [4.78, 5) is 10.5. The minimum absolute atomic E-state index is 0.0267. The summed E-state index contributed by atoms with van der Waals surface area (Å²) in [5.41, 5.74) is 1.45. The number of hydrogen-bond acceptors (Lipinski definition) is 2. The van der Waals surface area contributed by atoms with E-state index in [1.807, 2.05) is 11.0 Å². The highest BCUT2D eigenvalue weighted by Crippen LogP contribution is 2.13. The quantitative estimate of drug-likeness (QED) is 0.627. The van der Waals surface area contributed by atoms with Gasteiger partial charge in [0.15, 0.2) is 0 Å². The predicted octanol–water partition coefficient (Wildman–Crippen LogP) is 2.76. The number of hydrogen-bond donors (Lipinski definition) is 1. The summed E-state index contributed by atoms with van der Waals surface area (Å²) in [5, 5.41) is 8.64. The highest BCUT2D eigenvalue weighted by atomic mass is 127. The highest BCUT2D eigenvalue weighted by molar-refractivity contribution is 14.1. The van der Waals surface area contributed by atoms with Crippen LogP contribution >= 0.6 is 22.6 Å². The van der Waals surface area contributed by atoms with Crippen LogP contribution in [0, 0.1) is 0 Å². The van der Waals surface area contributed by atoms with Gasteiger partial charge in [-0.1, -0.05) is 28.7 Å². The molecule has 0 bridgehead atoms. The van der Waals surface area contributed by atoms with Crippen molar-refractivity contribution in [3.63, 3.8) is 0 Å². The Kier molecular flexibility index (Phi) is 6.82. The van der Waals surface area contributed by atoms with Crippen LogP contribution in [0.4, 0.5) is 0 Å². The summed E-state index contributed by atoms with van der Waals surface area (Å²) in [6.45, 7) is 3.54. The molecule has 14 heavy (non-hydrogen) atoms. The van der Waals surface area contributed by atoms with Gasteiger partial charge in [0, 0.05) is 12.7 Å². The van der Waals surface area contributed by atoms with Crippen LogP contribution in [0.15, 0.2) is 21.3 Å². The summed E-state index contributed by atoms with van der Waals surface area (Å²) in [6, 6.07) is 0. The lowest BCUT2D eigenvalue weighted by atomic mass is 10.1. The van der Waals surface area contributed by atoms with Crippen molar-refractivity contribution < 1.29 is 14.6 Å². The standard InChI is InChI=1S/C10H15IO3/c1-7(10(12)13)4-5-9(14-3)8(2)6-11/h4,6,9H,5H2,1-3H3,(H,12,13)/b7-4+,8-6+/t9-/m1/s1. The van der Waals surface area contributed by atoms with E-state index in [9.17, 15) is 4.79 Å². The SMILES string of the molecule is CO[C@H](C/C=C(\C)C(=O)O)/C(C)=C/I. The molecule has 0 saturated carbocycles. The third kappa shape index (κ3) is 4.76. The lowest BCUT2D eigenvalue weighted by Crippen LogP contribution is -2.11. The van der Waals surface area contributed by atoms with Crippen molar-refractivity contribution in [1.82, 2.24) is 0 Å². The lowest BCUT2D eigenvalue weighted by Gasteiger charge is -2.13. The van der Waals surface area contributed by atoms with Crippen LogP contribution in [-0.2, 0) is 9.53 Å². The summed E-state index contributed by atoms with van der Waals surface area (Å²) < 4.78 is 7.16. The van der Waals surface area contributed by atoms with E-state index >= 15 is 0 Å². The maximum absolute atomic E-state index is 10.5. The molecule has 0 aromatic heterocycles. The van der Waals surface area contributed by atoms with Crippen LogP contribution < -0.4 is 0 Å². The van der Waals surface area contributed by atoms with Gasteiger partial charge >= 0.3 is 5.97 Å². The zero-order chi connectivity index (χ0) is 11.1. The third-order valence-electron chi connectivity index (χ3n) is 1.94. The van der Waals surface area contributed by atoms with Gasteiger partial charge in [-0.25, -0.2) is 4.79 Å². The summed E-state index contributed by atoms with van der Waals surface area (Å²) >= 11 is 2.14. The maximum Gasteiger partial charge on any atom is 0.330 e. The Morgan fingerprint density at radius 2 is 2.14 bits per heavy atom. The predicted molar refractivity (Wildman–Crippen MR) is 64.6 cm³/mol. The van der Waals surface area contributed by atoms with E-state index in [-0.39, 0.29) is 6.10 Å². The summed E-state index contributed by atoms with van der Waals surface area (Å²) in [7, 11) is 1.62. The smallest absolute Gasteiger partial charge is 0.330 e. The van der Waals surface area contributed by atoms with Gasteiger partial charge in [0.05, 0.1) is 6.10 Å². The second kappa shape index (κ2) is 7.00. The van der Waals surface area contributed by atoms with Crippen LogP contribution in [0.25, 0.3) is 0 Å². The molecule has 0 aliphatic heterocycles. The van der Waals surface area contributed by atoms with Crippen molar-refractivity contribution in [2.24, 2.45) is 0 Å². The zero-order valence-corrected chi connectivity index (χ0v) is 10.7. The molecule has 80 valence electrons. The van der Waals surface area contributed by atoms with Crippen LogP contribution in [0.2, 0.25) is 0 Å². The number of carboxylic acids is 1. The number of carbonyl (C=O) groups is 1. The van der Waals surface area contributed by atoms with E-state index in [1.54, 1.807) is 20.1 Å². The average molecular weight is 310 g/mol.